The monoisotopic (exact) mass is 611 g/mol. The first kappa shape index (κ1) is 31.3. The van der Waals surface area contributed by atoms with Gasteiger partial charge in [0.05, 0.1) is 12.6 Å². The number of anilines is 1. The minimum atomic E-state index is -2.57. The van der Waals surface area contributed by atoms with Crippen molar-refractivity contribution in [1.82, 2.24) is 0 Å². The first-order chi connectivity index (χ1) is 20.5. The second kappa shape index (κ2) is 12.9. The minimum absolute atomic E-state index is 0.0533. The highest BCUT2D eigenvalue weighted by molar-refractivity contribution is 8.24. The molecule has 0 aromatic heterocycles. The summed E-state index contributed by atoms with van der Waals surface area (Å²) in [6, 6.07) is 15.5. The van der Waals surface area contributed by atoms with E-state index in [9.17, 15) is 23.4 Å². The van der Waals surface area contributed by atoms with Crippen molar-refractivity contribution >= 4 is 22.2 Å². The molecule has 1 heterocycles. The zero-order valence-corrected chi connectivity index (χ0v) is 25.9. The Morgan fingerprint density at radius 1 is 1.09 bits per heavy atom. The van der Waals surface area contributed by atoms with Crippen LogP contribution in [0, 0.1) is 19.7 Å². The Bertz CT molecular complexity index is 1460. The van der Waals surface area contributed by atoms with Gasteiger partial charge in [0, 0.05) is 23.6 Å². The van der Waals surface area contributed by atoms with Gasteiger partial charge in [0.1, 0.15) is 23.8 Å². The number of ether oxygens (including phenoxy) is 2. The number of benzene rings is 3. The Hall–Kier alpha value is -3.11. The van der Waals surface area contributed by atoms with E-state index in [0.717, 1.165) is 29.5 Å². The summed E-state index contributed by atoms with van der Waals surface area (Å²) in [5.74, 6) is 0.439. The molecule has 1 unspecified atom stereocenters. The maximum absolute atomic E-state index is 14.8. The predicted molar refractivity (Wildman–Crippen MR) is 170 cm³/mol. The molecule has 0 spiro atoms. The Labute approximate surface area is 254 Å². The van der Waals surface area contributed by atoms with Crippen LogP contribution in [0.1, 0.15) is 66.5 Å². The average Bonchev–Trinajstić information content (AvgIpc) is 3.37. The van der Waals surface area contributed by atoms with Crippen LogP contribution in [0.15, 0.2) is 48.5 Å². The number of hydrogen-bond acceptors (Lipinski definition) is 7. The third-order valence-corrected chi connectivity index (χ3v) is 10.4. The van der Waals surface area contributed by atoms with Crippen molar-refractivity contribution in [2.45, 2.75) is 70.9 Å². The zero-order chi connectivity index (χ0) is 30.8. The second-order valence-corrected chi connectivity index (χ2v) is 14.3. The van der Waals surface area contributed by atoms with Gasteiger partial charge < -0.3 is 19.9 Å². The normalized spacial score (nSPS) is 19.4. The molecule has 0 radical (unpaired) electrons. The maximum Gasteiger partial charge on any atom is 0.306 e. The molecule has 1 fully saturated rings. The topological polar surface area (TPSA) is 108 Å². The van der Waals surface area contributed by atoms with E-state index < -0.39 is 16.2 Å². The molecule has 232 valence electrons. The molecular formula is C34H42FNO6S. The first-order valence-electron chi connectivity index (χ1n) is 15.0. The standard InChI is InChI=1S/C34H42FNO6S/c1-4-41-32(37)13-9-24-8-10-25(20-30(24)35)36-31-12-11-27-28(31)6-5-7-29(27)33-22(2)18-26(19-23(33)3)42-21-34(38)14-16-43(39,40)17-15-34/h5-8,10,18-20,31,36,38-40H,4,9,11-17,21H2,1-3H3. The van der Waals surface area contributed by atoms with Gasteiger partial charge in [0.25, 0.3) is 0 Å². The van der Waals surface area contributed by atoms with E-state index in [-0.39, 0.29) is 42.4 Å². The molecular weight excluding hydrogens is 569 g/mol. The number of aryl methyl sites for hydroxylation is 3. The van der Waals surface area contributed by atoms with Crippen molar-refractivity contribution in [2.75, 3.05) is 30.0 Å². The SMILES string of the molecule is CCOC(=O)CCc1ccc(NC2CCc3c(-c4c(C)cc(OCC5(O)CCS(O)(O)CC5)cc4C)cccc32)cc1F. The van der Waals surface area contributed by atoms with Crippen LogP contribution in [-0.4, -0.2) is 50.5 Å². The lowest BCUT2D eigenvalue weighted by atomic mass is 9.90. The number of hydrogen-bond donors (Lipinski definition) is 4. The highest BCUT2D eigenvalue weighted by Crippen LogP contribution is 2.47. The van der Waals surface area contributed by atoms with Gasteiger partial charge >= 0.3 is 5.97 Å². The minimum Gasteiger partial charge on any atom is -0.491 e. The summed E-state index contributed by atoms with van der Waals surface area (Å²) in [4.78, 5) is 11.7. The van der Waals surface area contributed by atoms with E-state index in [0.29, 0.717) is 42.9 Å². The molecule has 43 heavy (non-hydrogen) atoms. The molecule has 0 bridgehead atoms. The van der Waals surface area contributed by atoms with Gasteiger partial charge in [-0.25, -0.2) is 4.39 Å². The van der Waals surface area contributed by atoms with Crippen LogP contribution in [0.2, 0.25) is 0 Å². The molecule has 0 amide bonds. The van der Waals surface area contributed by atoms with E-state index >= 15 is 0 Å². The summed E-state index contributed by atoms with van der Waals surface area (Å²) >= 11 is 0. The van der Waals surface area contributed by atoms with Gasteiger partial charge in [0.2, 0.25) is 0 Å². The van der Waals surface area contributed by atoms with Crippen LogP contribution < -0.4 is 10.1 Å². The quantitative estimate of drug-likeness (QED) is 0.177. The predicted octanol–water partition coefficient (Wildman–Crippen LogP) is 7.36. The molecule has 3 aromatic carbocycles. The van der Waals surface area contributed by atoms with E-state index in [1.807, 2.05) is 18.2 Å². The third-order valence-electron chi connectivity index (χ3n) is 8.64. The van der Waals surface area contributed by atoms with Gasteiger partial charge in [-0.15, -0.1) is 0 Å². The zero-order valence-electron chi connectivity index (χ0n) is 25.1. The number of halogens is 1. The molecule has 0 saturated carbocycles. The number of fused-ring (bicyclic) bond motifs is 1. The smallest absolute Gasteiger partial charge is 0.306 e. The van der Waals surface area contributed by atoms with Gasteiger partial charge in [-0.05, 0) is 116 Å². The Morgan fingerprint density at radius 2 is 1.81 bits per heavy atom. The van der Waals surface area contributed by atoms with Crippen molar-refractivity contribution < 1.29 is 32.9 Å². The number of rotatable bonds is 10. The van der Waals surface area contributed by atoms with Crippen LogP contribution in [0.5, 0.6) is 5.75 Å². The molecule has 1 aliphatic carbocycles. The highest BCUT2D eigenvalue weighted by Gasteiger charge is 2.36. The van der Waals surface area contributed by atoms with Crippen molar-refractivity contribution in [1.29, 1.82) is 0 Å². The lowest BCUT2D eigenvalue weighted by Crippen LogP contribution is -2.42. The van der Waals surface area contributed by atoms with E-state index in [1.54, 1.807) is 13.0 Å². The highest BCUT2D eigenvalue weighted by atomic mass is 32.3. The fraction of sp³-hybridized carbons (Fsp3) is 0.441. The molecule has 1 aliphatic heterocycles. The van der Waals surface area contributed by atoms with E-state index in [4.69, 9.17) is 9.47 Å². The van der Waals surface area contributed by atoms with Gasteiger partial charge in [0.15, 0.2) is 0 Å². The number of esters is 1. The Kier molecular flexibility index (Phi) is 9.37. The summed E-state index contributed by atoms with van der Waals surface area (Å²) in [5.41, 5.74) is 7.12. The van der Waals surface area contributed by atoms with Crippen LogP contribution in [0.4, 0.5) is 10.1 Å². The van der Waals surface area contributed by atoms with Crippen molar-refractivity contribution in [2.24, 2.45) is 0 Å². The molecule has 9 heteroatoms. The number of carbonyl (C=O) groups excluding carboxylic acids is 1. The van der Waals surface area contributed by atoms with Crippen LogP contribution >= 0.6 is 10.6 Å². The van der Waals surface area contributed by atoms with Gasteiger partial charge in [-0.2, -0.15) is 10.6 Å². The molecule has 5 rings (SSSR count). The third kappa shape index (κ3) is 7.34. The summed E-state index contributed by atoms with van der Waals surface area (Å²) in [6.07, 6.45) is 2.86. The van der Waals surface area contributed by atoms with Crippen molar-refractivity contribution in [3.8, 4) is 16.9 Å². The molecule has 1 saturated heterocycles. The molecule has 1 atom stereocenters. The summed E-state index contributed by atoms with van der Waals surface area (Å²) in [7, 11) is -2.57. The number of aliphatic hydroxyl groups is 1. The fourth-order valence-corrected chi connectivity index (χ4v) is 7.90. The fourth-order valence-electron chi connectivity index (χ4n) is 6.28. The Morgan fingerprint density at radius 3 is 2.49 bits per heavy atom. The first-order valence-corrected chi connectivity index (χ1v) is 16.9. The lowest BCUT2D eigenvalue weighted by Gasteiger charge is -2.43. The number of carbonyl (C=O) groups is 1. The summed E-state index contributed by atoms with van der Waals surface area (Å²) in [6.45, 7) is 6.32. The van der Waals surface area contributed by atoms with Crippen molar-refractivity contribution in [3.63, 3.8) is 0 Å². The van der Waals surface area contributed by atoms with Gasteiger partial charge in [-0.3, -0.25) is 13.9 Å². The maximum atomic E-state index is 14.8. The van der Waals surface area contributed by atoms with Crippen molar-refractivity contribution in [3.05, 3.63) is 82.2 Å². The summed E-state index contributed by atoms with van der Waals surface area (Å²) < 4.78 is 45.6. The Balaban J connectivity index is 1.28. The average molecular weight is 612 g/mol. The molecule has 7 nitrogen and oxygen atoms in total. The van der Waals surface area contributed by atoms with Gasteiger partial charge in [-0.1, -0.05) is 24.3 Å². The molecule has 4 N–H and O–H groups in total. The largest absolute Gasteiger partial charge is 0.491 e. The second-order valence-electron chi connectivity index (χ2n) is 11.9. The number of nitrogens with one attached hydrogen (secondary N) is 1. The van der Waals surface area contributed by atoms with E-state index in [1.165, 1.54) is 22.8 Å². The molecule has 3 aromatic rings. The lowest BCUT2D eigenvalue weighted by molar-refractivity contribution is -0.143. The van der Waals surface area contributed by atoms with Crippen LogP contribution in [0.3, 0.4) is 0 Å². The summed E-state index contributed by atoms with van der Waals surface area (Å²) in [5, 5.41) is 14.4. The molecule has 2 aliphatic rings. The van der Waals surface area contributed by atoms with E-state index in [2.05, 4.69) is 37.4 Å². The van der Waals surface area contributed by atoms with Crippen LogP contribution in [0.25, 0.3) is 11.1 Å². The van der Waals surface area contributed by atoms with Crippen LogP contribution in [-0.2, 0) is 22.4 Å².